The first kappa shape index (κ1) is 20.4. The Labute approximate surface area is 165 Å². The lowest BCUT2D eigenvalue weighted by atomic mass is 10.0. The zero-order valence-corrected chi connectivity index (χ0v) is 15.6. The Bertz CT molecular complexity index is 839. The Hall–Kier alpha value is -2.32. The van der Waals surface area contributed by atoms with Crippen LogP contribution in [0.15, 0.2) is 36.4 Å². The van der Waals surface area contributed by atoms with Gasteiger partial charge in [0.2, 0.25) is 0 Å². The maximum atomic E-state index is 13.5. The zero-order chi connectivity index (χ0) is 20.1. The number of halogens is 4. The van der Waals surface area contributed by atoms with Gasteiger partial charge in [-0.3, -0.25) is 4.79 Å². The average molecular weight is 414 g/mol. The molecule has 1 fully saturated rings. The van der Waals surface area contributed by atoms with Gasteiger partial charge < -0.3 is 15.4 Å². The molecule has 0 bridgehead atoms. The summed E-state index contributed by atoms with van der Waals surface area (Å²) in [4.78, 5) is 16.0. The van der Waals surface area contributed by atoms with Crippen LogP contribution >= 0.6 is 11.6 Å². The molecule has 0 saturated carbocycles. The van der Waals surface area contributed by atoms with Gasteiger partial charge in [-0.2, -0.15) is 13.2 Å². The molecule has 28 heavy (non-hydrogen) atoms. The van der Waals surface area contributed by atoms with Crippen molar-refractivity contribution >= 4 is 29.0 Å². The predicted molar refractivity (Wildman–Crippen MR) is 99.8 cm³/mol. The van der Waals surface area contributed by atoms with Crippen molar-refractivity contribution < 1.29 is 22.7 Å². The summed E-state index contributed by atoms with van der Waals surface area (Å²) in [5.74, 6) is -0.625. The molecule has 0 spiro atoms. The molecule has 2 heterocycles. The summed E-state index contributed by atoms with van der Waals surface area (Å²) in [5.41, 5.74) is -1.25. The summed E-state index contributed by atoms with van der Waals surface area (Å²) in [6.07, 6.45) is -3.22. The predicted octanol–water partition coefficient (Wildman–Crippen LogP) is 4.65. The number of hydrogen-bond acceptors (Lipinski definition) is 4. The van der Waals surface area contributed by atoms with Crippen molar-refractivity contribution in [2.24, 2.45) is 5.92 Å². The maximum absolute atomic E-state index is 13.5. The third kappa shape index (κ3) is 5.36. The summed E-state index contributed by atoms with van der Waals surface area (Å²) in [7, 11) is 0. The quantitative estimate of drug-likeness (QED) is 0.748. The fraction of sp³-hybridized carbons (Fsp3) is 0.368. The molecule has 1 aliphatic rings. The van der Waals surface area contributed by atoms with E-state index in [2.05, 4.69) is 15.6 Å². The molecule has 1 aliphatic heterocycles. The highest BCUT2D eigenvalue weighted by molar-refractivity contribution is 6.30. The number of benzene rings is 1. The number of alkyl halides is 3. The van der Waals surface area contributed by atoms with Gasteiger partial charge in [0.05, 0.1) is 5.56 Å². The van der Waals surface area contributed by atoms with E-state index in [0.717, 1.165) is 18.9 Å². The Morgan fingerprint density at radius 3 is 2.64 bits per heavy atom. The largest absolute Gasteiger partial charge is 0.434 e. The molecule has 0 atom stereocenters. The van der Waals surface area contributed by atoms with Gasteiger partial charge in [0.25, 0.3) is 5.91 Å². The summed E-state index contributed by atoms with van der Waals surface area (Å²) >= 11 is 5.88. The third-order valence-corrected chi connectivity index (χ3v) is 4.63. The average Bonchev–Trinajstić information content (AvgIpc) is 2.66. The van der Waals surface area contributed by atoms with Crippen LogP contribution in [0.4, 0.5) is 24.7 Å². The van der Waals surface area contributed by atoms with Gasteiger partial charge in [-0.05, 0) is 49.1 Å². The number of pyridine rings is 1. The third-order valence-electron chi connectivity index (χ3n) is 4.40. The number of carbonyl (C=O) groups excluding carboxylic acids is 1. The minimum atomic E-state index is -4.77. The Kier molecular flexibility index (Phi) is 6.41. The number of nitrogens with zero attached hydrogens (tertiary/aromatic N) is 1. The molecule has 150 valence electrons. The maximum Gasteiger partial charge on any atom is 0.434 e. The molecular formula is C19H19ClF3N3O2. The SMILES string of the molecule is O=C(NCC1CCOCC1)c1ccc(Nc2cccc(Cl)c2)nc1C(F)(F)F. The van der Waals surface area contributed by atoms with Crippen molar-refractivity contribution in [2.75, 3.05) is 25.1 Å². The van der Waals surface area contributed by atoms with Crippen LogP contribution in [0, 0.1) is 5.92 Å². The second-order valence-electron chi connectivity index (χ2n) is 6.49. The normalized spacial score (nSPS) is 15.3. The molecule has 0 unspecified atom stereocenters. The highest BCUT2D eigenvalue weighted by Crippen LogP contribution is 2.32. The van der Waals surface area contributed by atoms with E-state index in [1.807, 2.05) is 0 Å². The van der Waals surface area contributed by atoms with E-state index in [9.17, 15) is 18.0 Å². The monoisotopic (exact) mass is 413 g/mol. The van der Waals surface area contributed by atoms with Crippen molar-refractivity contribution in [3.05, 3.63) is 52.7 Å². The molecule has 1 aromatic carbocycles. The molecule has 3 rings (SSSR count). The Balaban J connectivity index is 1.77. The van der Waals surface area contributed by atoms with Crippen LogP contribution in [0.3, 0.4) is 0 Å². The second kappa shape index (κ2) is 8.79. The van der Waals surface area contributed by atoms with Crippen molar-refractivity contribution in [1.29, 1.82) is 0 Å². The topological polar surface area (TPSA) is 63.2 Å². The highest BCUT2D eigenvalue weighted by atomic mass is 35.5. The summed E-state index contributed by atoms with van der Waals surface area (Å²) in [6, 6.07) is 8.97. The summed E-state index contributed by atoms with van der Waals surface area (Å²) in [5, 5.41) is 5.79. The van der Waals surface area contributed by atoms with E-state index in [0.29, 0.717) is 30.5 Å². The number of anilines is 2. The number of amides is 1. The minimum absolute atomic E-state index is 0.0319. The van der Waals surface area contributed by atoms with Crippen LogP contribution < -0.4 is 10.6 Å². The van der Waals surface area contributed by atoms with Gasteiger partial charge in [0.15, 0.2) is 5.69 Å². The first-order valence-electron chi connectivity index (χ1n) is 8.79. The van der Waals surface area contributed by atoms with Crippen molar-refractivity contribution in [1.82, 2.24) is 10.3 Å². The fourth-order valence-electron chi connectivity index (χ4n) is 2.92. The first-order valence-corrected chi connectivity index (χ1v) is 9.17. The first-order chi connectivity index (χ1) is 13.3. The molecule has 9 heteroatoms. The van der Waals surface area contributed by atoms with E-state index in [1.165, 1.54) is 6.07 Å². The molecule has 2 aromatic rings. The number of nitrogens with one attached hydrogen (secondary N) is 2. The van der Waals surface area contributed by atoms with E-state index < -0.39 is 23.3 Å². The lowest BCUT2D eigenvalue weighted by molar-refractivity contribution is -0.141. The number of rotatable bonds is 5. The second-order valence-corrected chi connectivity index (χ2v) is 6.93. The van der Waals surface area contributed by atoms with Gasteiger partial charge in [0.1, 0.15) is 5.82 Å². The van der Waals surface area contributed by atoms with Crippen LogP contribution in [0.1, 0.15) is 28.9 Å². The molecule has 1 aromatic heterocycles. The Morgan fingerprint density at radius 2 is 1.96 bits per heavy atom. The van der Waals surface area contributed by atoms with Crippen LogP contribution in [0.25, 0.3) is 0 Å². The van der Waals surface area contributed by atoms with Gasteiger partial charge in [-0.1, -0.05) is 17.7 Å². The number of hydrogen-bond donors (Lipinski definition) is 2. The van der Waals surface area contributed by atoms with E-state index in [4.69, 9.17) is 16.3 Å². The van der Waals surface area contributed by atoms with Gasteiger partial charge in [-0.25, -0.2) is 4.98 Å². The zero-order valence-electron chi connectivity index (χ0n) is 14.9. The van der Waals surface area contributed by atoms with Crippen LogP contribution in [0.2, 0.25) is 5.02 Å². The number of ether oxygens (including phenoxy) is 1. The lowest BCUT2D eigenvalue weighted by Gasteiger charge is -2.22. The molecule has 5 nitrogen and oxygen atoms in total. The number of aromatic nitrogens is 1. The summed E-state index contributed by atoms with van der Waals surface area (Å²) < 4.78 is 45.7. The van der Waals surface area contributed by atoms with Crippen molar-refractivity contribution in [3.63, 3.8) is 0 Å². The smallest absolute Gasteiger partial charge is 0.381 e. The van der Waals surface area contributed by atoms with E-state index in [-0.39, 0.29) is 11.7 Å². The molecule has 1 saturated heterocycles. The minimum Gasteiger partial charge on any atom is -0.381 e. The standard InChI is InChI=1S/C19H19ClF3N3O2/c20-13-2-1-3-14(10-13)25-16-5-4-15(17(26-16)19(21,22)23)18(27)24-11-12-6-8-28-9-7-12/h1-5,10,12H,6-9,11H2,(H,24,27)(H,25,26). The van der Waals surface area contributed by atoms with Crippen molar-refractivity contribution in [3.8, 4) is 0 Å². The fourth-order valence-corrected chi connectivity index (χ4v) is 3.12. The lowest BCUT2D eigenvalue weighted by Crippen LogP contribution is -2.33. The van der Waals surface area contributed by atoms with Gasteiger partial charge in [0, 0.05) is 30.5 Å². The molecular weight excluding hydrogens is 395 g/mol. The molecule has 1 amide bonds. The molecule has 2 N–H and O–H groups in total. The molecule has 0 aliphatic carbocycles. The van der Waals surface area contributed by atoms with Crippen LogP contribution in [-0.2, 0) is 10.9 Å². The van der Waals surface area contributed by atoms with Gasteiger partial charge >= 0.3 is 6.18 Å². The van der Waals surface area contributed by atoms with Crippen LogP contribution in [0.5, 0.6) is 0 Å². The summed E-state index contributed by atoms with van der Waals surface area (Å²) in [6.45, 7) is 1.50. The van der Waals surface area contributed by atoms with E-state index in [1.54, 1.807) is 24.3 Å². The number of carbonyl (C=O) groups is 1. The highest BCUT2D eigenvalue weighted by Gasteiger charge is 2.37. The van der Waals surface area contributed by atoms with Crippen LogP contribution in [-0.4, -0.2) is 30.6 Å². The van der Waals surface area contributed by atoms with Gasteiger partial charge in [-0.15, -0.1) is 0 Å². The Morgan fingerprint density at radius 1 is 1.21 bits per heavy atom. The van der Waals surface area contributed by atoms with E-state index >= 15 is 0 Å². The van der Waals surface area contributed by atoms with Crippen molar-refractivity contribution in [2.45, 2.75) is 19.0 Å². The molecule has 0 radical (unpaired) electrons.